The predicted molar refractivity (Wildman–Crippen MR) is 128 cm³/mol. The van der Waals surface area contributed by atoms with Crippen molar-refractivity contribution in [2.75, 3.05) is 12.4 Å². The Hall–Kier alpha value is -3.36. The van der Waals surface area contributed by atoms with Crippen LogP contribution in [0, 0.1) is 0 Å². The van der Waals surface area contributed by atoms with Gasteiger partial charge in [0.1, 0.15) is 12.3 Å². The third-order valence-corrected chi connectivity index (χ3v) is 5.58. The van der Waals surface area contributed by atoms with Crippen LogP contribution in [0.1, 0.15) is 0 Å². The maximum absolute atomic E-state index is 13.3. The molecule has 162 valence electrons. The fourth-order valence-corrected chi connectivity index (χ4v) is 3.91. The topological polar surface area (TPSA) is 82.3 Å². The molecule has 1 aromatic heterocycles. The second-order valence-corrected chi connectivity index (χ2v) is 8.28. The lowest BCUT2D eigenvalue weighted by Crippen LogP contribution is -2.40. The molecule has 1 heterocycles. The first kappa shape index (κ1) is 21.9. The molecule has 32 heavy (non-hydrogen) atoms. The molecule has 0 bridgehead atoms. The largest absolute Gasteiger partial charge is 0.497 e. The smallest absolute Gasteiger partial charge is 0.336 e. The first-order chi connectivity index (χ1) is 15.4. The Labute approximate surface area is 196 Å². The van der Waals surface area contributed by atoms with Crippen LogP contribution in [0.4, 0.5) is 5.69 Å². The molecular weight excluding hydrogens is 498 g/mol. The SMILES string of the molecule is COc1ccc(NC(=O)Cn2c(=O)n(-c3cccc(Cl)c3)c(=O)c3cc(Br)ccc32)cc1. The van der Waals surface area contributed by atoms with E-state index in [0.29, 0.717) is 32.1 Å². The summed E-state index contributed by atoms with van der Waals surface area (Å²) in [7, 11) is 1.55. The van der Waals surface area contributed by atoms with Gasteiger partial charge in [-0.15, -0.1) is 0 Å². The number of amides is 1. The summed E-state index contributed by atoms with van der Waals surface area (Å²) in [4.78, 5) is 39.3. The van der Waals surface area contributed by atoms with E-state index >= 15 is 0 Å². The van der Waals surface area contributed by atoms with Crippen molar-refractivity contribution >= 4 is 50.0 Å². The van der Waals surface area contributed by atoms with Crippen molar-refractivity contribution in [1.82, 2.24) is 9.13 Å². The number of nitrogens with one attached hydrogen (secondary N) is 1. The highest BCUT2D eigenvalue weighted by Gasteiger charge is 2.17. The summed E-state index contributed by atoms with van der Waals surface area (Å²) in [6, 6.07) is 18.2. The Morgan fingerprint density at radius 2 is 1.81 bits per heavy atom. The monoisotopic (exact) mass is 513 g/mol. The Balaban J connectivity index is 1.81. The van der Waals surface area contributed by atoms with Crippen molar-refractivity contribution in [3.8, 4) is 11.4 Å². The molecule has 0 spiro atoms. The van der Waals surface area contributed by atoms with E-state index in [1.54, 1.807) is 67.8 Å². The number of aromatic nitrogens is 2. The maximum Gasteiger partial charge on any atom is 0.336 e. The zero-order valence-electron chi connectivity index (χ0n) is 16.8. The second-order valence-electron chi connectivity index (χ2n) is 6.93. The molecule has 0 aliphatic heterocycles. The Morgan fingerprint density at radius 1 is 1.06 bits per heavy atom. The molecule has 7 nitrogen and oxygen atoms in total. The van der Waals surface area contributed by atoms with Crippen LogP contribution in [0.5, 0.6) is 5.75 Å². The normalized spacial score (nSPS) is 10.8. The van der Waals surface area contributed by atoms with E-state index in [-0.39, 0.29) is 11.9 Å². The number of carbonyl (C=O) groups is 1. The summed E-state index contributed by atoms with van der Waals surface area (Å²) < 4.78 is 8.07. The number of benzene rings is 3. The summed E-state index contributed by atoms with van der Waals surface area (Å²) in [5.74, 6) is 0.238. The van der Waals surface area contributed by atoms with Gasteiger partial charge in [0.15, 0.2) is 0 Å². The molecule has 1 amide bonds. The van der Waals surface area contributed by atoms with Gasteiger partial charge in [-0.2, -0.15) is 0 Å². The molecule has 0 saturated heterocycles. The number of carbonyl (C=O) groups excluding carboxylic acids is 1. The van der Waals surface area contributed by atoms with Gasteiger partial charge in [-0.3, -0.25) is 14.2 Å². The summed E-state index contributed by atoms with van der Waals surface area (Å²) in [6.45, 7) is -0.288. The lowest BCUT2D eigenvalue weighted by Gasteiger charge is -2.15. The van der Waals surface area contributed by atoms with Gasteiger partial charge in [0.25, 0.3) is 5.56 Å². The van der Waals surface area contributed by atoms with Crippen LogP contribution in [-0.2, 0) is 11.3 Å². The first-order valence-corrected chi connectivity index (χ1v) is 10.7. The molecule has 0 fully saturated rings. The van der Waals surface area contributed by atoms with Crippen LogP contribution in [-0.4, -0.2) is 22.2 Å². The first-order valence-electron chi connectivity index (χ1n) is 9.52. The molecule has 9 heteroatoms. The van der Waals surface area contributed by atoms with E-state index in [1.165, 1.54) is 10.6 Å². The van der Waals surface area contributed by atoms with E-state index in [1.807, 2.05) is 0 Å². The van der Waals surface area contributed by atoms with E-state index in [9.17, 15) is 14.4 Å². The third-order valence-electron chi connectivity index (χ3n) is 4.85. The summed E-state index contributed by atoms with van der Waals surface area (Å²) in [6.07, 6.45) is 0. The molecule has 4 aromatic rings. The fraction of sp³-hybridized carbons (Fsp3) is 0.0870. The van der Waals surface area contributed by atoms with E-state index in [4.69, 9.17) is 16.3 Å². The zero-order chi connectivity index (χ0) is 22.8. The van der Waals surface area contributed by atoms with Crippen LogP contribution in [0.15, 0.2) is 80.8 Å². The van der Waals surface area contributed by atoms with Crippen LogP contribution in [0.2, 0.25) is 5.02 Å². The summed E-state index contributed by atoms with van der Waals surface area (Å²) >= 11 is 9.44. The minimum absolute atomic E-state index is 0.288. The Bertz CT molecular complexity index is 1440. The van der Waals surface area contributed by atoms with Crippen molar-refractivity contribution in [1.29, 1.82) is 0 Å². The molecular formula is C23H17BrClN3O4. The Kier molecular flexibility index (Phi) is 6.16. The van der Waals surface area contributed by atoms with Gasteiger partial charge in [-0.25, -0.2) is 9.36 Å². The van der Waals surface area contributed by atoms with Crippen molar-refractivity contribution < 1.29 is 9.53 Å². The molecule has 0 unspecified atom stereocenters. The van der Waals surface area contributed by atoms with Gasteiger partial charge in [0.2, 0.25) is 5.91 Å². The van der Waals surface area contributed by atoms with Crippen molar-refractivity contribution in [2.45, 2.75) is 6.54 Å². The molecule has 0 aliphatic carbocycles. The third kappa shape index (κ3) is 4.32. The number of nitrogens with zero attached hydrogens (tertiary/aromatic N) is 2. The number of anilines is 1. The maximum atomic E-state index is 13.3. The second kappa shape index (κ2) is 9.02. The number of hydrogen-bond donors (Lipinski definition) is 1. The quantitative estimate of drug-likeness (QED) is 0.432. The highest BCUT2D eigenvalue weighted by atomic mass is 79.9. The minimum atomic E-state index is -0.642. The standard InChI is InChI=1S/C23H17BrClN3O4/c1-32-18-8-6-16(7-9-18)26-21(29)13-27-20-10-5-14(24)11-19(20)22(30)28(23(27)31)17-4-2-3-15(25)12-17/h2-12H,13H2,1H3,(H,26,29). The Morgan fingerprint density at radius 3 is 2.50 bits per heavy atom. The molecule has 0 saturated carbocycles. The zero-order valence-corrected chi connectivity index (χ0v) is 19.2. The molecule has 0 radical (unpaired) electrons. The predicted octanol–water partition coefficient (Wildman–Crippen LogP) is 4.22. The van der Waals surface area contributed by atoms with Crippen molar-refractivity contribution in [2.24, 2.45) is 0 Å². The van der Waals surface area contributed by atoms with Gasteiger partial charge < -0.3 is 10.1 Å². The molecule has 4 rings (SSSR count). The van der Waals surface area contributed by atoms with Crippen LogP contribution >= 0.6 is 27.5 Å². The van der Waals surface area contributed by atoms with Gasteiger partial charge >= 0.3 is 5.69 Å². The van der Waals surface area contributed by atoms with Gasteiger partial charge in [-0.05, 0) is 60.7 Å². The van der Waals surface area contributed by atoms with E-state index in [0.717, 1.165) is 4.57 Å². The molecule has 0 atom stereocenters. The lowest BCUT2D eigenvalue weighted by atomic mass is 10.2. The van der Waals surface area contributed by atoms with E-state index < -0.39 is 17.2 Å². The summed E-state index contributed by atoms with van der Waals surface area (Å²) in [5.41, 5.74) is 0.0847. The van der Waals surface area contributed by atoms with Crippen molar-refractivity contribution in [3.05, 3.63) is 97.1 Å². The van der Waals surface area contributed by atoms with Crippen molar-refractivity contribution in [3.63, 3.8) is 0 Å². The number of halogens is 2. The average Bonchev–Trinajstić information content (AvgIpc) is 2.77. The highest BCUT2D eigenvalue weighted by Crippen LogP contribution is 2.19. The number of rotatable bonds is 5. The summed E-state index contributed by atoms with van der Waals surface area (Å²) in [5, 5.41) is 3.43. The minimum Gasteiger partial charge on any atom is -0.497 e. The number of ether oxygens (including phenoxy) is 1. The number of fused-ring (bicyclic) bond motifs is 1. The van der Waals surface area contributed by atoms with Crippen LogP contribution < -0.4 is 21.3 Å². The molecule has 1 N–H and O–H groups in total. The number of methoxy groups -OCH3 is 1. The van der Waals surface area contributed by atoms with Crippen LogP contribution in [0.25, 0.3) is 16.6 Å². The van der Waals surface area contributed by atoms with Crippen LogP contribution in [0.3, 0.4) is 0 Å². The van der Waals surface area contributed by atoms with E-state index in [2.05, 4.69) is 21.2 Å². The molecule has 0 aliphatic rings. The lowest BCUT2D eigenvalue weighted by molar-refractivity contribution is -0.116. The fourth-order valence-electron chi connectivity index (χ4n) is 3.36. The van der Waals surface area contributed by atoms with Gasteiger partial charge in [0, 0.05) is 15.2 Å². The molecule has 3 aromatic carbocycles. The average molecular weight is 515 g/mol. The van der Waals surface area contributed by atoms with Gasteiger partial charge in [0.05, 0.1) is 23.7 Å². The highest BCUT2D eigenvalue weighted by molar-refractivity contribution is 9.10. The van der Waals surface area contributed by atoms with Gasteiger partial charge in [-0.1, -0.05) is 33.6 Å². The number of hydrogen-bond acceptors (Lipinski definition) is 4.